The minimum atomic E-state index is -0.221. The minimum absolute atomic E-state index is 0.221. The maximum Gasteiger partial charge on any atom is 0.0798 e. The first kappa shape index (κ1) is 11.3. The molecule has 1 nitrogen and oxygen atoms in total. The Balaban J connectivity index is 0.000000293. The third-order valence-corrected chi connectivity index (χ3v) is 2.46. The highest BCUT2D eigenvalue weighted by Crippen LogP contribution is 2.39. The van der Waals surface area contributed by atoms with Crippen LogP contribution in [0.3, 0.4) is 0 Å². The predicted octanol–water partition coefficient (Wildman–Crippen LogP) is 3.64. The summed E-state index contributed by atoms with van der Waals surface area (Å²) < 4.78 is 0. The molecule has 1 heteroatoms. The van der Waals surface area contributed by atoms with Crippen molar-refractivity contribution < 1.29 is 5.11 Å². The molecule has 2 unspecified atom stereocenters. The highest BCUT2D eigenvalue weighted by Gasteiger charge is 2.25. The third kappa shape index (κ3) is 2.36. The molecule has 1 aromatic carbocycles. The van der Waals surface area contributed by atoms with Gasteiger partial charge in [-0.25, -0.2) is 0 Å². The van der Waals surface area contributed by atoms with Gasteiger partial charge < -0.3 is 5.11 Å². The van der Waals surface area contributed by atoms with Gasteiger partial charge in [-0.1, -0.05) is 51.5 Å². The molecule has 0 aliphatic heterocycles. The SMILES string of the molecule is CC1CC(O)c2ccccc21.CCC. The summed E-state index contributed by atoms with van der Waals surface area (Å²) in [5.74, 6) is 0.529. The van der Waals surface area contributed by atoms with E-state index in [1.54, 1.807) is 0 Å². The summed E-state index contributed by atoms with van der Waals surface area (Å²) in [5.41, 5.74) is 2.44. The van der Waals surface area contributed by atoms with Gasteiger partial charge in [0.25, 0.3) is 0 Å². The predicted molar refractivity (Wildman–Crippen MR) is 60.4 cm³/mol. The molecular formula is C13H20O. The Labute approximate surface area is 86.8 Å². The van der Waals surface area contributed by atoms with Gasteiger partial charge in [0, 0.05) is 0 Å². The molecule has 0 fully saturated rings. The van der Waals surface area contributed by atoms with Crippen molar-refractivity contribution in [2.75, 3.05) is 0 Å². The smallest absolute Gasteiger partial charge is 0.0798 e. The van der Waals surface area contributed by atoms with Gasteiger partial charge in [0.15, 0.2) is 0 Å². The molecule has 14 heavy (non-hydrogen) atoms. The number of fused-ring (bicyclic) bond motifs is 1. The van der Waals surface area contributed by atoms with Gasteiger partial charge in [-0.2, -0.15) is 0 Å². The Morgan fingerprint density at radius 1 is 1.21 bits per heavy atom. The van der Waals surface area contributed by atoms with Crippen LogP contribution >= 0.6 is 0 Å². The lowest BCUT2D eigenvalue weighted by atomic mass is 10.0. The van der Waals surface area contributed by atoms with Crippen molar-refractivity contribution in [2.45, 2.75) is 45.6 Å². The zero-order valence-corrected chi connectivity index (χ0v) is 9.33. The fourth-order valence-electron chi connectivity index (χ4n) is 1.85. The van der Waals surface area contributed by atoms with Crippen molar-refractivity contribution in [1.29, 1.82) is 0 Å². The van der Waals surface area contributed by atoms with E-state index in [0.717, 1.165) is 12.0 Å². The van der Waals surface area contributed by atoms with Crippen LogP contribution in [0, 0.1) is 0 Å². The van der Waals surface area contributed by atoms with Crippen LogP contribution in [0.15, 0.2) is 24.3 Å². The highest BCUT2D eigenvalue weighted by atomic mass is 16.3. The second-order valence-electron chi connectivity index (χ2n) is 3.99. The summed E-state index contributed by atoms with van der Waals surface area (Å²) in [6.07, 6.45) is 1.92. The normalized spacial score (nSPS) is 23.7. The summed E-state index contributed by atoms with van der Waals surface area (Å²) >= 11 is 0. The van der Waals surface area contributed by atoms with E-state index in [9.17, 15) is 5.11 Å². The van der Waals surface area contributed by atoms with Crippen molar-refractivity contribution in [3.05, 3.63) is 35.4 Å². The van der Waals surface area contributed by atoms with E-state index in [2.05, 4.69) is 26.8 Å². The molecule has 1 aliphatic rings. The molecule has 0 bridgehead atoms. The Kier molecular flexibility index (Phi) is 4.15. The molecule has 0 radical (unpaired) electrons. The molecule has 0 saturated heterocycles. The van der Waals surface area contributed by atoms with E-state index in [1.165, 1.54) is 12.0 Å². The molecule has 0 amide bonds. The second kappa shape index (κ2) is 5.16. The zero-order chi connectivity index (χ0) is 10.6. The average molecular weight is 192 g/mol. The monoisotopic (exact) mass is 192 g/mol. The summed E-state index contributed by atoms with van der Waals surface area (Å²) in [4.78, 5) is 0. The number of aliphatic hydroxyl groups excluding tert-OH is 1. The molecule has 2 atom stereocenters. The van der Waals surface area contributed by atoms with Crippen LogP contribution in [-0.2, 0) is 0 Å². The highest BCUT2D eigenvalue weighted by molar-refractivity contribution is 5.36. The third-order valence-electron chi connectivity index (χ3n) is 2.46. The van der Waals surface area contributed by atoms with Crippen LogP contribution in [0.25, 0.3) is 0 Å². The van der Waals surface area contributed by atoms with Crippen LogP contribution in [-0.4, -0.2) is 5.11 Å². The zero-order valence-electron chi connectivity index (χ0n) is 9.33. The van der Waals surface area contributed by atoms with E-state index in [0.29, 0.717) is 5.92 Å². The van der Waals surface area contributed by atoms with E-state index in [4.69, 9.17) is 0 Å². The first-order valence-electron chi connectivity index (χ1n) is 5.47. The summed E-state index contributed by atoms with van der Waals surface area (Å²) in [6, 6.07) is 8.15. The van der Waals surface area contributed by atoms with Crippen LogP contribution in [0.5, 0.6) is 0 Å². The van der Waals surface area contributed by atoms with Crippen LogP contribution in [0.4, 0.5) is 0 Å². The maximum absolute atomic E-state index is 9.55. The molecule has 0 aromatic heterocycles. The summed E-state index contributed by atoms with van der Waals surface area (Å²) in [6.45, 7) is 6.41. The Morgan fingerprint density at radius 2 is 1.71 bits per heavy atom. The summed E-state index contributed by atoms with van der Waals surface area (Å²) in [5, 5.41) is 9.55. The van der Waals surface area contributed by atoms with Crippen molar-refractivity contribution in [3.8, 4) is 0 Å². The number of benzene rings is 1. The van der Waals surface area contributed by atoms with Crippen LogP contribution in [0.1, 0.15) is 56.8 Å². The topological polar surface area (TPSA) is 20.2 Å². The van der Waals surface area contributed by atoms with Gasteiger partial charge in [-0.15, -0.1) is 0 Å². The van der Waals surface area contributed by atoms with Crippen molar-refractivity contribution in [2.24, 2.45) is 0 Å². The fraction of sp³-hybridized carbons (Fsp3) is 0.538. The van der Waals surface area contributed by atoms with E-state index >= 15 is 0 Å². The van der Waals surface area contributed by atoms with Crippen molar-refractivity contribution in [3.63, 3.8) is 0 Å². The van der Waals surface area contributed by atoms with Gasteiger partial charge in [0.2, 0.25) is 0 Å². The number of aliphatic hydroxyl groups is 1. The Bertz CT molecular complexity index is 253. The second-order valence-corrected chi connectivity index (χ2v) is 3.99. The molecular weight excluding hydrogens is 172 g/mol. The van der Waals surface area contributed by atoms with Gasteiger partial charge in [0.05, 0.1) is 6.10 Å². The van der Waals surface area contributed by atoms with Gasteiger partial charge in [-0.3, -0.25) is 0 Å². The Morgan fingerprint density at radius 3 is 2.21 bits per heavy atom. The molecule has 0 spiro atoms. The quantitative estimate of drug-likeness (QED) is 0.665. The van der Waals surface area contributed by atoms with Gasteiger partial charge >= 0.3 is 0 Å². The molecule has 1 aromatic rings. The molecule has 78 valence electrons. The largest absolute Gasteiger partial charge is 0.388 e. The molecule has 1 N–H and O–H groups in total. The lowest BCUT2D eigenvalue weighted by molar-refractivity contribution is 0.174. The molecule has 0 heterocycles. The lowest BCUT2D eigenvalue weighted by Crippen LogP contribution is -1.88. The Hall–Kier alpha value is -0.820. The van der Waals surface area contributed by atoms with Crippen molar-refractivity contribution >= 4 is 0 Å². The van der Waals surface area contributed by atoms with E-state index in [1.807, 2.05) is 18.2 Å². The molecule has 1 aliphatic carbocycles. The molecule has 2 rings (SSSR count). The maximum atomic E-state index is 9.55. The van der Waals surface area contributed by atoms with E-state index < -0.39 is 0 Å². The van der Waals surface area contributed by atoms with Crippen LogP contribution < -0.4 is 0 Å². The minimum Gasteiger partial charge on any atom is -0.388 e. The van der Waals surface area contributed by atoms with Gasteiger partial charge in [-0.05, 0) is 23.5 Å². The number of hydrogen-bond acceptors (Lipinski definition) is 1. The number of hydrogen-bond donors (Lipinski definition) is 1. The fourth-order valence-corrected chi connectivity index (χ4v) is 1.85. The first-order chi connectivity index (χ1) is 6.70. The lowest BCUT2D eigenvalue weighted by Gasteiger charge is -2.01. The van der Waals surface area contributed by atoms with E-state index in [-0.39, 0.29) is 6.10 Å². The average Bonchev–Trinajstić information content (AvgIpc) is 2.45. The van der Waals surface area contributed by atoms with Crippen molar-refractivity contribution in [1.82, 2.24) is 0 Å². The summed E-state index contributed by atoms with van der Waals surface area (Å²) in [7, 11) is 0. The van der Waals surface area contributed by atoms with Gasteiger partial charge in [0.1, 0.15) is 0 Å². The number of rotatable bonds is 0. The first-order valence-corrected chi connectivity index (χ1v) is 5.47. The molecule has 0 saturated carbocycles. The standard InChI is InChI=1S/C10H12O.C3H8/c1-7-6-10(11)9-5-3-2-4-8(7)9;1-3-2/h2-5,7,10-11H,6H2,1H3;3H2,1-2H3. The van der Waals surface area contributed by atoms with Crippen LogP contribution in [0.2, 0.25) is 0 Å².